The van der Waals surface area contributed by atoms with Crippen molar-refractivity contribution in [1.82, 2.24) is 0 Å². The third-order valence-corrected chi connectivity index (χ3v) is 3.83. The first kappa shape index (κ1) is 17.7. The molecule has 0 unspecified atom stereocenters. The maximum Gasteiger partial charge on any atom is 0.297 e. The molecule has 0 heterocycles. The van der Waals surface area contributed by atoms with Gasteiger partial charge in [-0.3, -0.25) is 4.18 Å². The molecule has 6 heteroatoms. The van der Waals surface area contributed by atoms with Gasteiger partial charge in [-0.25, -0.2) is 0 Å². The first-order valence-corrected chi connectivity index (χ1v) is 7.98. The van der Waals surface area contributed by atoms with Crippen LogP contribution in [-0.2, 0) is 23.8 Å². The van der Waals surface area contributed by atoms with Crippen LogP contribution in [0.5, 0.6) is 0 Å². The van der Waals surface area contributed by atoms with E-state index in [0.717, 1.165) is 5.56 Å². The van der Waals surface area contributed by atoms with Crippen molar-refractivity contribution in [2.75, 3.05) is 33.0 Å². The van der Waals surface area contributed by atoms with Crippen molar-refractivity contribution in [1.29, 1.82) is 0 Å². The van der Waals surface area contributed by atoms with Crippen LogP contribution in [0.2, 0.25) is 0 Å². The van der Waals surface area contributed by atoms with Crippen molar-refractivity contribution < 1.29 is 22.1 Å². The van der Waals surface area contributed by atoms with Crippen molar-refractivity contribution in [2.24, 2.45) is 0 Å². The lowest BCUT2D eigenvalue weighted by molar-refractivity contribution is 0.0471. The lowest BCUT2D eigenvalue weighted by Crippen LogP contribution is -2.13. The van der Waals surface area contributed by atoms with Gasteiger partial charge < -0.3 is 9.47 Å². The van der Waals surface area contributed by atoms with Crippen LogP contribution in [-0.4, -0.2) is 41.5 Å². The molecule has 1 aromatic carbocycles. The van der Waals surface area contributed by atoms with Crippen LogP contribution in [0.25, 0.3) is 0 Å². The Kier molecular flexibility index (Phi) is 8.01. The highest BCUT2D eigenvalue weighted by molar-refractivity contribution is 7.86. The van der Waals surface area contributed by atoms with Gasteiger partial charge in [-0.05, 0) is 26.0 Å². The van der Waals surface area contributed by atoms with Crippen molar-refractivity contribution >= 4 is 10.1 Å². The zero-order valence-corrected chi connectivity index (χ0v) is 13.1. The number of hydrogen-bond acceptors (Lipinski definition) is 5. The summed E-state index contributed by atoms with van der Waals surface area (Å²) in [4.78, 5) is 0.148. The topological polar surface area (TPSA) is 61.8 Å². The molecule has 0 fully saturated rings. The molecular formula is C15H20O5S. The van der Waals surface area contributed by atoms with E-state index >= 15 is 0 Å². The second-order valence-electron chi connectivity index (χ2n) is 4.18. The fraction of sp³-hybridized carbons (Fsp3) is 0.467. The Bertz CT molecular complexity index is 566. The second kappa shape index (κ2) is 9.53. The molecule has 0 amide bonds. The van der Waals surface area contributed by atoms with Crippen molar-refractivity contribution in [3.05, 3.63) is 29.8 Å². The first-order valence-electron chi connectivity index (χ1n) is 6.57. The van der Waals surface area contributed by atoms with Crippen LogP contribution < -0.4 is 0 Å². The minimum atomic E-state index is -3.71. The van der Waals surface area contributed by atoms with Gasteiger partial charge in [-0.15, -0.1) is 5.92 Å². The zero-order valence-electron chi connectivity index (χ0n) is 12.3. The van der Waals surface area contributed by atoms with Gasteiger partial charge in [0, 0.05) is 0 Å². The van der Waals surface area contributed by atoms with E-state index in [2.05, 4.69) is 11.8 Å². The van der Waals surface area contributed by atoms with Gasteiger partial charge >= 0.3 is 0 Å². The standard InChI is InChI=1S/C15H20O5S/c1-3-4-9-18-10-11-19-12-13-20-21(16,17)15-7-5-14(2)6-8-15/h5-8H,9-13H2,1-2H3. The Morgan fingerprint density at radius 1 is 1.00 bits per heavy atom. The average Bonchev–Trinajstić information content (AvgIpc) is 2.46. The van der Waals surface area contributed by atoms with E-state index in [4.69, 9.17) is 13.7 Å². The largest absolute Gasteiger partial charge is 0.377 e. The fourth-order valence-corrected chi connectivity index (χ4v) is 2.28. The first-order chi connectivity index (χ1) is 10.1. The van der Waals surface area contributed by atoms with E-state index < -0.39 is 10.1 Å². The summed E-state index contributed by atoms with van der Waals surface area (Å²) in [5.74, 6) is 5.47. The summed E-state index contributed by atoms with van der Waals surface area (Å²) < 4.78 is 38.9. The molecule has 0 aliphatic heterocycles. The fourth-order valence-electron chi connectivity index (χ4n) is 1.39. The number of aryl methyl sites for hydroxylation is 1. The minimum Gasteiger partial charge on any atom is -0.377 e. The third kappa shape index (κ3) is 7.25. The quantitative estimate of drug-likeness (QED) is 0.395. The van der Waals surface area contributed by atoms with Gasteiger partial charge in [0.2, 0.25) is 0 Å². The molecule has 0 spiro atoms. The predicted octanol–water partition coefficient (Wildman–Crippen LogP) is 1.76. The molecule has 0 bridgehead atoms. The van der Waals surface area contributed by atoms with Crippen LogP contribution in [0.3, 0.4) is 0 Å². The highest BCUT2D eigenvalue weighted by Crippen LogP contribution is 2.12. The summed E-state index contributed by atoms with van der Waals surface area (Å²) in [5.41, 5.74) is 0.991. The summed E-state index contributed by atoms with van der Waals surface area (Å²) in [5, 5.41) is 0. The molecule has 0 radical (unpaired) electrons. The molecule has 0 N–H and O–H groups in total. The van der Waals surface area contributed by atoms with E-state index in [1.165, 1.54) is 12.1 Å². The molecule has 0 saturated heterocycles. The number of rotatable bonds is 9. The van der Waals surface area contributed by atoms with Gasteiger partial charge in [0.25, 0.3) is 10.1 Å². The molecule has 1 rings (SSSR count). The SMILES string of the molecule is CC#CCOCCOCCOS(=O)(=O)c1ccc(C)cc1. The van der Waals surface area contributed by atoms with Gasteiger partial charge in [-0.1, -0.05) is 23.6 Å². The van der Waals surface area contributed by atoms with E-state index in [1.54, 1.807) is 19.1 Å². The molecule has 0 aliphatic rings. The van der Waals surface area contributed by atoms with Crippen LogP contribution >= 0.6 is 0 Å². The zero-order chi connectivity index (χ0) is 15.6. The third-order valence-electron chi connectivity index (χ3n) is 2.50. The Labute approximate surface area is 126 Å². The molecule has 0 aromatic heterocycles. The molecule has 5 nitrogen and oxygen atoms in total. The molecule has 21 heavy (non-hydrogen) atoms. The Hall–Kier alpha value is -1.39. The van der Waals surface area contributed by atoms with E-state index in [1.807, 2.05) is 6.92 Å². The highest BCUT2D eigenvalue weighted by atomic mass is 32.2. The van der Waals surface area contributed by atoms with Crippen LogP contribution in [0.15, 0.2) is 29.2 Å². The molecule has 116 valence electrons. The van der Waals surface area contributed by atoms with Crippen molar-refractivity contribution in [2.45, 2.75) is 18.7 Å². The molecule has 0 aliphatic carbocycles. The Morgan fingerprint density at radius 2 is 1.62 bits per heavy atom. The molecular weight excluding hydrogens is 292 g/mol. The van der Waals surface area contributed by atoms with Crippen LogP contribution in [0.1, 0.15) is 12.5 Å². The van der Waals surface area contributed by atoms with Crippen molar-refractivity contribution in [3.8, 4) is 11.8 Å². The summed E-state index contributed by atoms with van der Waals surface area (Å²) in [6.07, 6.45) is 0. The maximum absolute atomic E-state index is 11.8. The summed E-state index contributed by atoms with van der Waals surface area (Å²) in [6.45, 7) is 4.96. The molecule has 1 aromatic rings. The van der Waals surface area contributed by atoms with Gasteiger partial charge in [0.1, 0.15) is 6.61 Å². The average molecular weight is 312 g/mol. The van der Waals surface area contributed by atoms with E-state index in [-0.39, 0.29) is 18.1 Å². The maximum atomic E-state index is 11.8. The second-order valence-corrected chi connectivity index (χ2v) is 5.80. The number of ether oxygens (including phenoxy) is 2. The summed E-state index contributed by atoms with van der Waals surface area (Å²) in [6, 6.07) is 6.49. The van der Waals surface area contributed by atoms with Gasteiger partial charge in [0.05, 0.1) is 31.3 Å². The summed E-state index contributed by atoms with van der Waals surface area (Å²) in [7, 11) is -3.71. The lowest BCUT2D eigenvalue weighted by Gasteiger charge is -2.07. The molecule has 0 saturated carbocycles. The Balaban J connectivity index is 2.19. The number of benzene rings is 1. The highest BCUT2D eigenvalue weighted by Gasteiger charge is 2.14. The smallest absolute Gasteiger partial charge is 0.297 e. The number of hydrogen-bond donors (Lipinski definition) is 0. The van der Waals surface area contributed by atoms with Gasteiger partial charge in [0.15, 0.2) is 0 Å². The van der Waals surface area contributed by atoms with Gasteiger partial charge in [-0.2, -0.15) is 8.42 Å². The summed E-state index contributed by atoms with van der Waals surface area (Å²) >= 11 is 0. The van der Waals surface area contributed by atoms with Crippen LogP contribution in [0.4, 0.5) is 0 Å². The Morgan fingerprint density at radius 3 is 2.29 bits per heavy atom. The van der Waals surface area contributed by atoms with Crippen molar-refractivity contribution in [3.63, 3.8) is 0 Å². The lowest BCUT2D eigenvalue weighted by atomic mass is 10.2. The minimum absolute atomic E-state index is 0.0228. The monoisotopic (exact) mass is 312 g/mol. The predicted molar refractivity (Wildman–Crippen MR) is 79.4 cm³/mol. The molecule has 0 atom stereocenters. The van der Waals surface area contributed by atoms with E-state index in [9.17, 15) is 8.42 Å². The normalized spacial score (nSPS) is 11.0. The van der Waals surface area contributed by atoms with E-state index in [0.29, 0.717) is 19.8 Å². The van der Waals surface area contributed by atoms with Crippen LogP contribution in [0, 0.1) is 18.8 Å².